The lowest BCUT2D eigenvalue weighted by molar-refractivity contribution is 0.415. The van der Waals surface area contributed by atoms with Crippen molar-refractivity contribution >= 4 is 23.3 Å². The topological polar surface area (TPSA) is 48.4 Å². The summed E-state index contributed by atoms with van der Waals surface area (Å²) in [6.07, 6.45) is 0. The van der Waals surface area contributed by atoms with Gasteiger partial charge in [0.1, 0.15) is 18.3 Å². The Balaban J connectivity index is 2.44. The number of nitrogens with zero attached hydrogens (tertiary/aromatic N) is 1. The molecule has 1 aromatic carbocycles. The van der Waals surface area contributed by atoms with Crippen LogP contribution in [-0.4, -0.2) is 24.0 Å². The maximum atomic E-state index is 7.72. The number of benzene rings is 1. The van der Waals surface area contributed by atoms with Crippen LogP contribution in [0.3, 0.4) is 0 Å². The Hall–Kier alpha value is -1.42. The zero-order valence-electron chi connectivity index (χ0n) is 7.67. The maximum Gasteiger partial charge on any atom is 0.146 e. The Morgan fingerprint density at radius 3 is 3.07 bits per heavy atom. The molecule has 0 aliphatic carbocycles. The third-order valence-electron chi connectivity index (χ3n) is 2.13. The maximum absolute atomic E-state index is 7.72. The van der Waals surface area contributed by atoms with Crippen molar-refractivity contribution in [3.05, 3.63) is 23.8 Å². The van der Waals surface area contributed by atoms with Crippen LogP contribution in [0.2, 0.25) is 0 Å². The van der Waals surface area contributed by atoms with Crippen LogP contribution in [0, 0.1) is 5.41 Å². The fraction of sp³-hybridized carbons (Fsp3) is 0.222. The zero-order chi connectivity index (χ0) is 10.1. The molecule has 2 N–H and O–H groups in total. The van der Waals surface area contributed by atoms with Crippen LogP contribution in [0.15, 0.2) is 18.2 Å². The number of ether oxygens (including phenoxy) is 1. The summed E-state index contributed by atoms with van der Waals surface area (Å²) >= 11 is 5.78. The van der Waals surface area contributed by atoms with Crippen LogP contribution in [-0.2, 0) is 0 Å². The summed E-state index contributed by atoms with van der Waals surface area (Å²) in [5, 5.41) is 10.8. The highest BCUT2D eigenvalue weighted by molar-refractivity contribution is 6.26. The van der Waals surface area contributed by atoms with E-state index in [1.807, 2.05) is 18.2 Å². The van der Waals surface area contributed by atoms with Crippen molar-refractivity contribution in [2.24, 2.45) is 0 Å². The van der Waals surface area contributed by atoms with Crippen molar-refractivity contribution in [3.8, 4) is 5.75 Å². The molecule has 0 atom stereocenters. The van der Waals surface area contributed by atoms with Crippen molar-refractivity contribution < 1.29 is 4.74 Å². The molecule has 1 aromatic rings. The summed E-state index contributed by atoms with van der Waals surface area (Å²) in [6.45, 7) is 0.431. The van der Waals surface area contributed by atoms with E-state index >= 15 is 0 Å². The fourth-order valence-corrected chi connectivity index (χ4v) is 1.52. The second kappa shape index (κ2) is 3.38. The molecule has 74 valence electrons. The Morgan fingerprint density at radius 2 is 2.36 bits per heavy atom. The van der Waals surface area contributed by atoms with Gasteiger partial charge in [-0.05, 0) is 12.1 Å². The Bertz CT molecular complexity index is 380. The average Bonchev–Trinajstić information content (AvgIpc) is 2.23. The predicted octanol–water partition coefficient (Wildman–Crippen LogP) is 1.86. The summed E-state index contributed by atoms with van der Waals surface area (Å²) in [5.41, 5.74) is 1.67. The molecule has 0 spiro atoms. The minimum atomic E-state index is 0.308. The number of nitrogens with one attached hydrogen (secondary N) is 2. The lowest BCUT2D eigenvalue weighted by atomic mass is 10.1. The third kappa shape index (κ3) is 1.37. The number of methoxy groups -OCH3 is 1. The molecular weight excluding hydrogens is 202 g/mol. The molecule has 0 amide bonds. The average molecular weight is 212 g/mol. The number of halogens is 1. The summed E-state index contributed by atoms with van der Waals surface area (Å²) in [5.74, 6) is 1.08. The van der Waals surface area contributed by atoms with Crippen molar-refractivity contribution in [3.63, 3.8) is 0 Å². The summed E-state index contributed by atoms with van der Waals surface area (Å²) in [4.78, 5) is 0. The van der Waals surface area contributed by atoms with Crippen LogP contribution in [0.4, 0.5) is 5.69 Å². The molecule has 4 nitrogen and oxygen atoms in total. The van der Waals surface area contributed by atoms with Crippen LogP contribution in [0.5, 0.6) is 5.75 Å². The number of amidine groups is 1. The first-order valence-corrected chi connectivity index (χ1v) is 4.50. The fourth-order valence-electron chi connectivity index (χ4n) is 1.37. The van der Waals surface area contributed by atoms with Gasteiger partial charge >= 0.3 is 0 Å². The van der Waals surface area contributed by atoms with Gasteiger partial charge in [-0.25, -0.2) is 4.42 Å². The molecule has 2 rings (SSSR count). The predicted molar refractivity (Wildman–Crippen MR) is 56.0 cm³/mol. The van der Waals surface area contributed by atoms with Gasteiger partial charge in [-0.3, -0.25) is 5.41 Å². The minimum Gasteiger partial charge on any atom is -0.497 e. The second-order valence-corrected chi connectivity index (χ2v) is 3.37. The first kappa shape index (κ1) is 9.15. The van der Waals surface area contributed by atoms with Crippen LogP contribution in [0.1, 0.15) is 5.56 Å². The van der Waals surface area contributed by atoms with E-state index in [1.165, 1.54) is 4.42 Å². The Kier molecular flexibility index (Phi) is 2.21. The Morgan fingerprint density at radius 1 is 1.57 bits per heavy atom. The van der Waals surface area contributed by atoms with Gasteiger partial charge in [0.05, 0.1) is 12.8 Å². The van der Waals surface area contributed by atoms with Crippen LogP contribution >= 0.6 is 11.8 Å². The van der Waals surface area contributed by atoms with E-state index in [9.17, 15) is 0 Å². The molecule has 1 aliphatic rings. The van der Waals surface area contributed by atoms with Gasteiger partial charge in [-0.2, -0.15) is 0 Å². The smallest absolute Gasteiger partial charge is 0.146 e. The first-order valence-electron chi connectivity index (χ1n) is 4.16. The molecule has 5 heteroatoms. The summed E-state index contributed by atoms with van der Waals surface area (Å²) in [6, 6.07) is 5.48. The van der Waals surface area contributed by atoms with Crippen molar-refractivity contribution in [1.29, 1.82) is 5.41 Å². The summed E-state index contributed by atoms with van der Waals surface area (Å²) < 4.78 is 6.41. The molecule has 0 saturated heterocycles. The molecule has 0 radical (unpaired) electrons. The lowest BCUT2D eigenvalue weighted by Crippen LogP contribution is -2.32. The normalized spacial score (nSPS) is 14.7. The Labute approximate surface area is 87.0 Å². The van der Waals surface area contributed by atoms with Gasteiger partial charge in [0.25, 0.3) is 0 Å². The van der Waals surface area contributed by atoms with Gasteiger partial charge in [0, 0.05) is 23.4 Å². The zero-order valence-corrected chi connectivity index (χ0v) is 8.43. The van der Waals surface area contributed by atoms with E-state index < -0.39 is 0 Å². The molecule has 1 heterocycles. The number of hydrogen-bond donors (Lipinski definition) is 2. The van der Waals surface area contributed by atoms with Crippen molar-refractivity contribution in [2.45, 2.75) is 0 Å². The largest absolute Gasteiger partial charge is 0.497 e. The van der Waals surface area contributed by atoms with Crippen molar-refractivity contribution in [2.75, 3.05) is 19.1 Å². The minimum absolute atomic E-state index is 0.308. The number of anilines is 1. The van der Waals surface area contributed by atoms with E-state index in [1.54, 1.807) is 7.11 Å². The molecule has 0 unspecified atom stereocenters. The van der Waals surface area contributed by atoms with Gasteiger partial charge in [0.2, 0.25) is 0 Å². The molecule has 0 aromatic heterocycles. The molecule has 14 heavy (non-hydrogen) atoms. The number of rotatable bonds is 1. The van der Waals surface area contributed by atoms with Gasteiger partial charge in [-0.1, -0.05) is 0 Å². The molecule has 0 saturated carbocycles. The van der Waals surface area contributed by atoms with Crippen molar-refractivity contribution in [1.82, 2.24) is 4.42 Å². The molecule has 1 aliphatic heterocycles. The second-order valence-electron chi connectivity index (χ2n) is 2.96. The van der Waals surface area contributed by atoms with Crippen LogP contribution < -0.4 is 10.1 Å². The quantitative estimate of drug-likeness (QED) is 0.698. The molecule has 0 bridgehead atoms. The highest BCUT2D eigenvalue weighted by atomic mass is 35.5. The third-order valence-corrected chi connectivity index (χ3v) is 2.42. The van der Waals surface area contributed by atoms with E-state index in [-0.39, 0.29) is 0 Å². The van der Waals surface area contributed by atoms with Crippen LogP contribution in [0.25, 0.3) is 0 Å². The molecular formula is C9H10ClN3O. The first-order chi connectivity index (χ1) is 6.72. The van der Waals surface area contributed by atoms with E-state index in [0.717, 1.165) is 17.0 Å². The lowest BCUT2D eigenvalue weighted by Gasteiger charge is -2.26. The van der Waals surface area contributed by atoms with E-state index in [0.29, 0.717) is 12.5 Å². The van der Waals surface area contributed by atoms with Gasteiger partial charge < -0.3 is 10.1 Å². The van der Waals surface area contributed by atoms with E-state index in [4.69, 9.17) is 21.9 Å². The van der Waals surface area contributed by atoms with E-state index in [2.05, 4.69) is 5.32 Å². The van der Waals surface area contributed by atoms with Gasteiger partial charge in [-0.15, -0.1) is 0 Å². The highest BCUT2D eigenvalue weighted by Gasteiger charge is 2.19. The SMILES string of the molecule is COc1ccc2c(c1)NCN(Cl)C2=N. The highest BCUT2D eigenvalue weighted by Crippen LogP contribution is 2.27. The number of fused-ring (bicyclic) bond motifs is 1. The summed E-state index contributed by atoms with van der Waals surface area (Å²) in [7, 11) is 1.61. The van der Waals surface area contributed by atoms with Gasteiger partial charge in [0.15, 0.2) is 0 Å². The monoisotopic (exact) mass is 211 g/mol. The number of hydrogen-bond acceptors (Lipinski definition) is 3. The standard InChI is InChI=1S/C9H10ClN3O/c1-14-6-2-3-7-8(4-6)12-5-13(10)9(7)11/h2-4,11-12H,5H2,1H3. The molecule has 0 fully saturated rings.